The smallest absolute Gasteiger partial charge is 0.258 e. The number of hydrogen-bond donors (Lipinski definition) is 2. The first kappa shape index (κ1) is 27.8. The van der Waals surface area contributed by atoms with Gasteiger partial charge in [-0.3, -0.25) is 9.59 Å². The van der Waals surface area contributed by atoms with Crippen molar-refractivity contribution >= 4 is 52.5 Å². The van der Waals surface area contributed by atoms with E-state index < -0.39 is 0 Å². The molecule has 1 heterocycles. The van der Waals surface area contributed by atoms with Gasteiger partial charge in [-0.25, -0.2) is 0 Å². The monoisotopic (exact) mass is 549 g/mol. The van der Waals surface area contributed by atoms with Crippen molar-refractivity contribution in [1.29, 1.82) is 0 Å². The Morgan fingerprint density at radius 3 is 2.64 bits per heavy atom. The first-order valence-corrected chi connectivity index (χ1v) is 13.2. The van der Waals surface area contributed by atoms with Crippen molar-refractivity contribution in [2.75, 3.05) is 17.7 Å². The zero-order chi connectivity index (χ0) is 26.2. The highest BCUT2D eigenvalue weighted by molar-refractivity contribution is 7.99. The summed E-state index contributed by atoms with van der Waals surface area (Å²) < 4.78 is 7.65. The Kier molecular flexibility index (Phi) is 10.0. The van der Waals surface area contributed by atoms with E-state index in [4.69, 9.17) is 27.9 Å². The molecule has 192 valence electrons. The third-order valence-corrected chi connectivity index (χ3v) is 7.05. The Bertz CT molecular complexity index is 1230. The summed E-state index contributed by atoms with van der Waals surface area (Å²) in [5, 5.41) is 15.2. The molecule has 2 amide bonds. The summed E-state index contributed by atoms with van der Waals surface area (Å²) in [6.45, 7) is 8.77. The molecule has 0 spiro atoms. The van der Waals surface area contributed by atoms with Gasteiger partial charge in [-0.05, 0) is 49.1 Å². The predicted molar refractivity (Wildman–Crippen MR) is 144 cm³/mol. The van der Waals surface area contributed by atoms with Crippen LogP contribution in [0.2, 0.25) is 10.0 Å². The normalized spacial score (nSPS) is 11.0. The van der Waals surface area contributed by atoms with Crippen molar-refractivity contribution in [3.8, 4) is 5.75 Å². The number of anilines is 1. The van der Waals surface area contributed by atoms with Crippen molar-refractivity contribution in [3.63, 3.8) is 0 Å². The molecule has 0 aliphatic rings. The van der Waals surface area contributed by atoms with Crippen LogP contribution in [0, 0.1) is 6.92 Å². The van der Waals surface area contributed by atoms with E-state index in [1.807, 2.05) is 36.6 Å². The molecule has 1 aromatic heterocycles. The van der Waals surface area contributed by atoms with Gasteiger partial charge in [0, 0.05) is 6.54 Å². The highest BCUT2D eigenvalue weighted by Crippen LogP contribution is 2.30. The van der Waals surface area contributed by atoms with Crippen molar-refractivity contribution in [2.24, 2.45) is 0 Å². The molecule has 3 aromatic rings. The molecule has 0 bridgehead atoms. The number of nitrogens with zero attached hydrogens (tertiary/aromatic N) is 3. The van der Waals surface area contributed by atoms with Gasteiger partial charge < -0.3 is 19.9 Å². The van der Waals surface area contributed by atoms with Crippen LogP contribution in [0.3, 0.4) is 0 Å². The van der Waals surface area contributed by atoms with Gasteiger partial charge in [0.1, 0.15) is 5.75 Å². The fourth-order valence-electron chi connectivity index (χ4n) is 3.41. The average Bonchev–Trinajstić information content (AvgIpc) is 3.24. The van der Waals surface area contributed by atoms with Crippen LogP contribution < -0.4 is 15.4 Å². The second kappa shape index (κ2) is 13.0. The number of aryl methyl sites for hydroxylation is 1. The van der Waals surface area contributed by atoms with Crippen molar-refractivity contribution in [1.82, 2.24) is 20.1 Å². The molecule has 36 heavy (non-hydrogen) atoms. The molecule has 0 radical (unpaired) electrons. The van der Waals surface area contributed by atoms with Crippen LogP contribution in [-0.2, 0) is 22.7 Å². The number of ether oxygens (including phenoxy) is 1. The van der Waals surface area contributed by atoms with Gasteiger partial charge in [0.2, 0.25) is 5.91 Å². The van der Waals surface area contributed by atoms with E-state index in [0.717, 1.165) is 11.1 Å². The van der Waals surface area contributed by atoms with Gasteiger partial charge in [-0.15, -0.1) is 10.2 Å². The number of aromatic nitrogens is 3. The van der Waals surface area contributed by atoms with E-state index >= 15 is 0 Å². The van der Waals surface area contributed by atoms with Crippen LogP contribution in [0.25, 0.3) is 0 Å². The molecule has 2 N–H and O–H groups in total. The van der Waals surface area contributed by atoms with Crippen molar-refractivity contribution in [3.05, 3.63) is 63.4 Å². The first-order chi connectivity index (χ1) is 17.2. The van der Waals surface area contributed by atoms with Crippen LogP contribution in [0.1, 0.15) is 43.6 Å². The minimum atomic E-state index is -0.260. The molecule has 0 aliphatic heterocycles. The van der Waals surface area contributed by atoms with E-state index in [1.165, 1.54) is 11.8 Å². The highest BCUT2D eigenvalue weighted by Gasteiger charge is 2.16. The summed E-state index contributed by atoms with van der Waals surface area (Å²) in [6.07, 6.45) is 0. The molecule has 0 aliphatic carbocycles. The SMILES string of the molecule is CCn1c(CNC(=O)COc2cc(C)ccc2C(C)C)nnc1SCC(=O)Nc1cccc(Cl)c1Cl. The lowest BCUT2D eigenvalue weighted by Crippen LogP contribution is -2.29. The maximum atomic E-state index is 12.4. The average molecular weight is 551 g/mol. The van der Waals surface area contributed by atoms with Crippen LogP contribution in [-0.4, -0.2) is 38.9 Å². The minimum Gasteiger partial charge on any atom is -0.483 e. The lowest BCUT2D eigenvalue weighted by Gasteiger charge is -2.15. The van der Waals surface area contributed by atoms with Gasteiger partial charge in [-0.1, -0.05) is 67.0 Å². The number of benzene rings is 2. The first-order valence-electron chi connectivity index (χ1n) is 11.5. The van der Waals surface area contributed by atoms with Crippen LogP contribution in [0.15, 0.2) is 41.6 Å². The lowest BCUT2D eigenvalue weighted by atomic mass is 10.0. The van der Waals surface area contributed by atoms with Crippen LogP contribution in [0.4, 0.5) is 5.69 Å². The molecule has 0 unspecified atom stereocenters. The number of halogens is 2. The van der Waals surface area contributed by atoms with E-state index in [0.29, 0.717) is 39.0 Å². The van der Waals surface area contributed by atoms with Gasteiger partial charge in [0.15, 0.2) is 17.6 Å². The topological polar surface area (TPSA) is 98.1 Å². The van der Waals surface area contributed by atoms with Gasteiger partial charge in [0.25, 0.3) is 5.91 Å². The summed E-state index contributed by atoms with van der Waals surface area (Å²) >= 11 is 13.4. The molecule has 2 aromatic carbocycles. The number of hydrogen-bond acceptors (Lipinski definition) is 6. The summed E-state index contributed by atoms with van der Waals surface area (Å²) in [4.78, 5) is 24.8. The number of nitrogens with one attached hydrogen (secondary N) is 2. The second-order valence-electron chi connectivity index (χ2n) is 8.34. The molecular formula is C25H29Cl2N5O3S. The Morgan fingerprint density at radius 1 is 1.14 bits per heavy atom. The lowest BCUT2D eigenvalue weighted by molar-refractivity contribution is -0.123. The standard InChI is InChI=1S/C25H29Cl2N5O3S/c1-5-32-21(12-28-22(33)13-35-20-11-16(4)9-10-17(20)15(2)3)30-31-25(32)36-14-23(34)29-19-8-6-7-18(26)24(19)27/h6-11,15H,5,12-14H2,1-4H3,(H,28,33)(H,29,34). The third-order valence-electron chi connectivity index (χ3n) is 5.26. The number of carbonyl (C=O) groups is 2. The van der Waals surface area contributed by atoms with E-state index in [9.17, 15) is 9.59 Å². The summed E-state index contributed by atoms with van der Waals surface area (Å²) in [5.74, 6) is 1.18. The fourth-order valence-corrected chi connectivity index (χ4v) is 4.58. The number of amides is 2. The van der Waals surface area contributed by atoms with Crippen molar-refractivity contribution < 1.29 is 14.3 Å². The summed E-state index contributed by atoms with van der Waals surface area (Å²) in [5.41, 5.74) is 2.58. The zero-order valence-electron chi connectivity index (χ0n) is 20.6. The molecule has 3 rings (SSSR count). The molecule has 0 saturated heterocycles. The summed E-state index contributed by atoms with van der Waals surface area (Å²) in [6, 6.07) is 11.0. The predicted octanol–water partition coefficient (Wildman–Crippen LogP) is 5.46. The molecule has 0 saturated carbocycles. The zero-order valence-corrected chi connectivity index (χ0v) is 22.9. The van der Waals surface area contributed by atoms with Gasteiger partial charge in [-0.2, -0.15) is 0 Å². The molecule has 11 heteroatoms. The number of rotatable bonds is 11. The fraction of sp³-hybridized carbons (Fsp3) is 0.360. The number of thioether (sulfide) groups is 1. The van der Waals surface area contributed by atoms with Crippen LogP contribution >= 0.6 is 35.0 Å². The third kappa shape index (κ3) is 7.38. The maximum Gasteiger partial charge on any atom is 0.258 e. The van der Waals surface area contributed by atoms with Crippen LogP contribution in [0.5, 0.6) is 5.75 Å². The van der Waals surface area contributed by atoms with Crippen molar-refractivity contribution in [2.45, 2.75) is 51.9 Å². The summed E-state index contributed by atoms with van der Waals surface area (Å²) in [7, 11) is 0. The largest absolute Gasteiger partial charge is 0.483 e. The molecule has 8 nitrogen and oxygen atoms in total. The van der Waals surface area contributed by atoms with Gasteiger partial charge in [0.05, 0.1) is 28.0 Å². The van der Waals surface area contributed by atoms with Gasteiger partial charge >= 0.3 is 0 Å². The molecule has 0 fully saturated rings. The Hall–Kier alpha value is -2.75. The Balaban J connectivity index is 1.53. The Morgan fingerprint density at radius 2 is 1.92 bits per heavy atom. The molecule has 0 atom stereocenters. The Labute approximate surface area is 225 Å². The minimum absolute atomic E-state index is 0.0999. The number of carbonyl (C=O) groups excluding carboxylic acids is 2. The highest BCUT2D eigenvalue weighted by atomic mass is 35.5. The second-order valence-corrected chi connectivity index (χ2v) is 10.1. The van der Waals surface area contributed by atoms with E-state index in [2.05, 4.69) is 34.7 Å². The molecular weight excluding hydrogens is 521 g/mol. The maximum absolute atomic E-state index is 12.4. The van der Waals surface area contributed by atoms with E-state index in [-0.39, 0.29) is 36.6 Å². The quantitative estimate of drug-likeness (QED) is 0.308. The van der Waals surface area contributed by atoms with E-state index in [1.54, 1.807) is 18.2 Å².